The highest BCUT2D eigenvalue weighted by atomic mass is 16.7. The van der Waals surface area contributed by atoms with E-state index in [1.54, 1.807) is 0 Å². The SMILES string of the molecule is OC[C@H](O)[C@H]1O[C@H](O)[C@@H](O)[C@@H](O)[C@@H]1O[C@H]1O[C@H](CO)[C@@H](O)[C@H](O)[C@H]1O. The molecule has 0 bridgehead atoms. The van der Waals surface area contributed by atoms with Crippen molar-refractivity contribution in [1.29, 1.82) is 0 Å². The summed E-state index contributed by atoms with van der Waals surface area (Å²) in [4.78, 5) is 0. The van der Waals surface area contributed by atoms with E-state index in [0.717, 1.165) is 0 Å². The molecule has 12 heteroatoms. The third-order valence-corrected chi connectivity index (χ3v) is 4.31. The molecule has 0 amide bonds. The summed E-state index contributed by atoms with van der Waals surface area (Å²) < 4.78 is 15.3. The van der Waals surface area contributed by atoms with E-state index in [1.165, 1.54) is 0 Å². The van der Waals surface area contributed by atoms with Gasteiger partial charge in [-0.05, 0) is 0 Å². The fraction of sp³-hybridized carbons (Fsp3) is 1.00. The molecule has 0 saturated carbocycles. The summed E-state index contributed by atoms with van der Waals surface area (Å²) in [7, 11) is 0. The van der Waals surface area contributed by atoms with Crippen molar-refractivity contribution in [3.05, 3.63) is 0 Å². The van der Waals surface area contributed by atoms with Crippen molar-refractivity contribution in [1.82, 2.24) is 0 Å². The molecule has 2 fully saturated rings. The summed E-state index contributed by atoms with van der Waals surface area (Å²) in [6.07, 6.45) is -18.3. The number of aliphatic hydroxyl groups excluding tert-OH is 9. The van der Waals surface area contributed by atoms with Crippen molar-refractivity contribution in [2.45, 2.75) is 67.5 Å². The van der Waals surface area contributed by atoms with Crippen LogP contribution < -0.4 is 0 Å². The fourth-order valence-corrected chi connectivity index (χ4v) is 2.78. The highest BCUT2D eigenvalue weighted by Crippen LogP contribution is 2.29. The van der Waals surface area contributed by atoms with Crippen LogP contribution in [0.1, 0.15) is 0 Å². The average molecular weight is 372 g/mol. The number of rotatable bonds is 5. The monoisotopic (exact) mass is 372 g/mol. The zero-order chi connectivity index (χ0) is 18.9. The zero-order valence-corrected chi connectivity index (χ0v) is 13.0. The van der Waals surface area contributed by atoms with Gasteiger partial charge in [0.25, 0.3) is 0 Å². The molecule has 0 aromatic heterocycles. The number of ether oxygens (including phenoxy) is 3. The van der Waals surface area contributed by atoms with E-state index < -0.39 is 80.7 Å². The minimum Gasteiger partial charge on any atom is -0.394 e. The lowest BCUT2D eigenvalue weighted by atomic mass is 9.94. The lowest BCUT2D eigenvalue weighted by Gasteiger charge is -2.46. The minimum atomic E-state index is -1.86. The van der Waals surface area contributed by atoms with Gasteiger partial charge in [-0.3, -0.25) is 0 Å². The van der Waals surface area contributed by atoms with Gasteiger partial charge in [0.2, 0.25) is 0 Å². The van der Waals surface area contributed by atoms with Crippen molar-refractivity contribution >= 4 is 0 Å². The van der Waals surface area contributed by atoms with Crippen LogP contribution in [0.3, 0.4) is 0 Å². The van der Waals surface area contributed by atoms with Crippen LogP contribution in [0.2, 0.25) is 0 Å². The van der Waals surface area contributed by atoms with Crippen molar-refractivity contribution < 1.29 is 60.2 Å². The Balaban J connectivity index is 2.18. The molecule has 0 spiro atoms. The molecule has 25 heavy (non-hydrogen) atoms. The van der Waals surface area contributed by atoms with Gasteiger partial charge in [-0.25, -0.2) is 0 Å². The molecule has 0 aromatic rings. The van der Waals surface area contributed by atoms with Crippen LogP contribution in [-0.2, 0) is 14.2 Å². The summed E-state index contributed by atoms with van der Waals surface area (Å²) in [6.45, 7) is -1.53. The second-order valence-electron chi connectivity index (χ2n) is 6.02. The average Bonchev–Trinajstić information content (AvgIpc) is 2.61. The molecule has 0 aliphatic carbocycles. The van der Waals surface area contributed by atoms with E-state index in [2.05, 4.69) is 0 Å². The number of hydrogen-bond donors (Lipinski definition) is 9. The molecular weight excluding hydrogens is 348 g/mol. The molecule has 11 atom stereocenters. The quantitative estimate of drug-likeness (QED) is 0.221. The molecule has 0 unspecified atom stereocenters. The third-order valence-electron chi connectivity index (χ3n) is 4.31. The van der Waals surface area contributed by atoms with Crippen LogP contribution in [0.4, 0.5) is 0 Å². The molecule has 2 aliphatic heterocycles. The van der Waals surface area contributed by atoms with Crippen LogP contribution in [0, 0.1) is 0 Å². The lowest BCUT2D eigenvalue weighted by Crippen LogP contribution is -2.65. The van der Waals surface area contributed by atoms with Crippen LogP contribution in [-0.4, -0.2) is 127 Å². The van der Waals surface area contributed by atoms with Gasteiger partial charge in [-0.2, -0.15) is 0 Å². The van der Waals surface area contributed by atoms with Gasteiger partial charge < -0.3 is 60.2 Å². The van der Waals surface area contributed by atoms with Gasteiger partial charge in [0.15, 0.2) is 12.6 Å². The van der Waals surface area contributed by atoms with Gasteiger partial charge in [-0.15, -0.1) is 0 Å². The Labute approximate surface area is 142 Å². The first-order valence-electron chi connectivity index (χ1n) is 7.67. The van der Waals surface area contributed by atoms with E-state index in [1.807, 2.05) is 0 Å². The van der Waals surface area contributed by atoms with Crippen LogP contribution in [0.5, 0.6) is 0 Å². The minimum absolute atomic E-state index is 0.710. The summed E-state index contributed by atoms with van der Waals surface area (Å²) >= 11 is 0. The largest absolute Gasteiger partial charge is 0.394 e. The first-order chi connectivity index (χ1) is 11.7. The molecule has 0 aromatic carbocycles. The number of aliphatic hydroxyl groups is 9. The summed E-state index contributed by atoms with van der Waals surface area (Å²) in [5.41, 5.74) is 0. The zero-order valence-electron chi connectivity index (χ0n) is 13.0. The van der Waals surface area contributed by atoms with E-state index in [0.29, 0.717) is 0 Å². The van der Waals surface area contributed by atoms with Crippen LogP contribution in [0.15, 0.2) is 0 Å². The first-order valence-corrected chi connectivity index (χ1v) is 7.67. The molecule has 9 N–H and O–H groups in total. The summed E-state index contributed by atoms with van der Waals surface area (Å²) in [5.74, 6) is 0. The lowest BCUT2D eigenvalue weighted by molar-refractivity contribution is -0.360. The summed E-state index contributed by atoms with van der Waals surface area (Å²) in [6, 6.07) is 0. The molecule has 2 heterocycles. The molecule has 2 rings (SSSR count). The molecule has 0 radical (unpaired) electrons. The molecular formula is C13H24O12. The maximum atomic E-state index is 10.1. The predicted molar refractivity (Wildman–Crippen MR) is 74.6 cm³/mol. The maximum Gasteiger partial charge on any atom is 0.187 e. The van der Waals surface area contributed by atoms with Crippen molar-refractivity contribution in [3.8, 4) is 0 Å². The van der Waals surface area contributed by atoms with Gasteiger partial charge >= 0.3 is 0 Å². The van der Waals surface area contributed by atoms with E-state index in [9.17, 15) is 35.7 Å². The van der Waals surface area contributed by atoms with E-state index in [4.69, 9.17) is 24.4 Å². The molecule has 2 aliphatic rings. The van der Waals surface area contributed by atoms with Crippen molar-refractivity contribution in [2.75, 3.05) is 13.2 Å². The first kappa shape index (κ1) is 20.8. The summed E-state index contributed by atoms with van der Waals surface area (Å²) in [5, 5.41) is 86.7. The van der Waals surface area contributed by atoms with Crippen LogP contribution in [0.25, 0.3) is 0 Å². The van der Waals surface area contributed by atoms with Gasteiger partial charge in [0.1, 0.15) is 54.9 Å². The Hall–Kier alpha value is -0.480. The van der Waals surface area contributed by atoms with Crippen LogP contribution >= 0.6 is 0 Å². The van der Waals surface area contributed by atoms with E-state index >= 15 is 0 Å². The van der Waals surface area contributed by atoms with Gasteiger partial charge in [0, 0.05) is 0 Å². The standard InChI is InChI=1S/C13H24O12/c14-1-3(16)10-11(7(19)8(20)12(22)24-10)25-13-9(21)6(18)5(17)4(2-15)23-13/h3-22H,1-2H2/t3-,4+,5+,6-,7+,8-,9+,10+,11-,12-,13+/m0/s1. The second kappa shape index (κ2) is 8.47. The Morgan fingerprint density at radius 1 is 0.800 bits per heavy atom. The Kier molecular flexibility index (Phi) is 7.06. The number of hydrogen-bond acceptors (Lipinski definition) is 12. The highest BCUT2D eigenvalue weighted by molar-refractivity contribution is 4.95. The van der Waals surface area contributed by atoms with Crippen molar-refractivity contribution in [3.63, 3.8) is 0 Å². The highest BCUT2D eigenvalue weighted by Gasteiger charge is 2.51. The normalized spacial score (nSPS) is 49.8. The molecule has 2 saturated heterocycles. The smallest absolute Gasteiger partial charge is 0.187 e. The third kappa shape index (κ3) is 4.10. The Morgan fingerprint density at radius 2 is 1.44 bits per heavy atom. The van der Waals surface area contributed by atoms with Crippen molar-refractivity contribution in [2.24, 2.45) is 0 Å². The second-order valence-corrected chi connectivity index (χ2v) is 6.02. The van der Waals surface area contributed by atoms with E-state index in [-0.39, 0.29) is 0 Å². The molecule has 148 valence electrons. The fourth-order valence-electron chi connectivity index (χ4n) is 2.78. The maximum absolute atomic E-state index is 10.1. The van der Waals surface area contributed by atoms with Gasteiger partial charge in [-0.1, -0.05) is 0 Å². The predicted octanol–water partition coefficient (Wildman–Crippen LogP) is -6.04. The molecule has 12 nitrogen and oxygen atoms in total. The Morgan fingerprint density at radius 3 is 2.00 bits per heavy atom. The Bertz CT molecular complexity index is 422. The topological polar surface area (TPSA) is 210 Å². The van der Waals surface area contributed by atoms with Gasteiger partial charge in [0.05, 0.1) is 13.2 Å².